The van der Waals surface area contributed by atoms with Gasteiger partial charge in [-0.15, -0.1) is 6.42 Å². The third-order valence-corrected chi connectivity index (χ3v) is 3.91. The van der Waals surface area contributed by atoms with Gasteiger partial charge in [-0.05, 0) is 39.5 Å². The van der Waals surface area contributed by atoms with Crippen LogP contribution in [0.25, 0.3) is 0 Å². The number of hydrogen-bond donors (Lipinski definition) is 1. The number of rotatable bonds is 2. The number of carbonyl (C=O) groups excluding carboxylic acids is 2. The number of hydrogen-bond acceptors (Lipinski definition) is 2. The molecular formula is C13H18N2O2. The van der Waals surface area contributed by atoms with Crippen LogP contribution in [0, 0.1) is 18.3 Å². The largest absolute Gasteiger partial charge is 0.340 e. The van der Waals surface area contributed by atoms with Gasteiger partial charge in [-0.2, -0.15) is 0 Å². The summed E-state index contributed by atoms with van der Waals surface area (Å²) in [6, 6.07) is -0.831. The van der Waals surface area contributed by atoms with Gasteiger partial charge in [0.25, 0.3) is 0 Å². The van der Waals surface area contributed by atoms with E-state index in [1.54, 1.807) is 13.8 Å². The monoisotopic (exact) mass is 234 g/mol. The molecule has 92 valence electrons. The average molecular weight is 234 g/mol. The van der Waals surface area contributed by atoms with Crippen molar-refractivity contribution < 1.29 is 9.59 Å². The Morgan fingerprint density at radius 2 is 2.12 bits per heavy atom. The number of carbonyl (C=O) groups is 2. The summed E-state index contributed by atoms with van der Waals surface area (Å²) < 4.78 is 0. The lowest BCUT2D eigenvalue weighted by molar-refractivity contribution is -0.155. The van der Waals surface area contributed by atoms with Gasteiger partial charge in [0, 0.05) is 0 Å². The second kappa shape index (κ2) is 3.76. The smallest absolute Gasteiger partial charge is 0.249 e. The van der Waals surface area contributed by atoms with Crippen LogP contribution in [0.4, 0.5) is 0 Å². The second-order valence-electron chi connectivity index (χ2n) is 5.20. The summed E-state index contributed by atoms with van der Waals surface area (Å²) in [6.45, 7) is 5.31. The zero-order valence-electron chi connectivity index (χ0n) is 10.5. The molecule has 4 nitrogen and oxygen atoms in total. The number of terminal acetylenes is 1. The zero-order valence-corrected chi connectivity index (χ0v) is 10.5. The van der Waals surface area contributed by atoms with E-state index >= 15 is 0 Å². The molecule has 0 aromatic rings. The molecule has 1 aliphatic heterocycles. The molecule has 0 bridgehead atoms. The highest BCUT2D eigenvalue weighted by Gasteiger charge is 2.55. The van der Waals surface area contributed by atoms with Crippen LogP contribution in [0.1, 0.15) is 33.6 Å². The van der Waals surface area contributed by atoms with E-state index in [1.807, 2.05) is 6.92 Å². The molecule has 1 heterocycles. The molecule has 2 aliphatic rings. The summed E-state index contributed by atoms with van der Waals surface area (Å²) in [6.07, 6.45) is 7.37. The molecule has 3 atom stereocenters. The van der Waals surface area contributed by atoms with Crippen molar-refractivity contribution in [3.05, 3.63) is 0 Å². The summed E-state index contributed by atoms with van der Waals surface area (Å²) in [5.74, 6) is 2.65. The quantitative estimate of drug-likeness (QED) is 0.708. The van der Waals surface area contributed by atoms with E-state index in [4.69, 9.17) is 6.42 Å². The lowest BCUT2D eigenvalue weighted by Gasteiger charge is -2.45. The Morgan fingerprint density at radius 3 is 2.59 bits per heavy atom. The van der Waals surface area contributed by atoms with Crippen LogP contribution in [0.2, 0.25) is 0 Å². The van der Waals surface area contributed by atoms with E-state index < -0.39 is 11.6 Å². The molecule has 0 aromatic carbocycles. The molecule has 1 saturated heterocycles. The Bertz CT molecular complexity index is 408. The highest BCUT2D eigenvalue weighted by Crippen LogP contribution is 2.42. The molecule has 4 heteroatoms. The van der Waals surface area contributed by atoms with Crippen molar-refractivity contribution in [3.8, 4) is 12.3 Å². The van der Waals surface area contributed by atoms with E-state index in [2.05, 4.69) is 11.2 Å². The third kappa shape index (κ3) is 1.70. The Morgan fingerprint density at radius 1 is 1.53 bits per heavy atom. The molecule has 17 heavy (non-hydrogen) atoms. The summed E-state index contributed by atoms with van der Waals surface area (Å²) in [5, 5.41) is 2.86. The third-order valence-electron chi connectivity index (χ3n) is 3.91. The van der Waals surface area contributed by atoms with Crippen LogP contribution in [-0.2, 0) is 9.59 Å². The standard InChI is InChI=1S/C13H18N2O2/c1-5-8(2)15-9(3)11(16)14-13(4,12(15)17)10-6-7-10/h1,8-10H,6-7H2,2-4H3,(H,14,16). The van der Waals surface area contributed by atoms with Crippen molar-refractivity contribution in [3.63, 3.8) is 0 Å². The molecule has 0 spiro atoms. The first kappa shape index (κ1) is 12.0. The van der Waals surface area contributed by atoms with Gasteiger partial charge in [-0.25, -0.2) is 0 Å². The second-order valence-corrected chi connectivity index (χ2v) is 5.20. The van der Waals surface area contributed by atoms with Crippen molar-refractivity contribution in [2.75, 3.05) is 0 Å². The van der Waals surface area contributed by atoms with Gasteiger partial charge in [0.2, 0.25) is 11.8 Å². The predicted molar refractivity (Wildman–Crippen MR) is 63.9 cm³/mol. The zero-order chi connectivity index (χ0) is 12.8. The number of piperazine rings is 1. The average Bonchev–Trinajstić information content (AvgIpc) is 3.10. The van der Waals surface area contributed by atoms with Gasteiger partial charge in [-0.3, -0.25) is 9.59 Å². The van der Waals surface area contributed by atoms with Crippen molar-refractivity contribution >= 4 is 11.8 Å². The normalized spacial score (nSPS) is 35.2. The number of nitrogens with one attached hydrogen (secondary N) is 1. The van der Waals surface area contributed by atoms with Crippen LogP contribution in [0.3, 0.4) is 0 Å². The number of amides is 2. The molecule has 1 aliphatic carbocycles. The maximum absolute atomic E-state index is 12.5. The molecule has 1 N–H and O–H groups in total. The topological polar surface area (TPSA) is 49.4 Å². The Labute approximate surface area is 102 Å². The molecule has 0 aromatic heterocycles. The van der Waals surface area contributed by atoms with Gasteiger partial charge in [-0.1, -0.05) is 5.92 Å². The fourth-order valence-corrected chi connectivity index (χ4v) is 2.51. The van der Waals surface area contributed by atoms with Crippen molar-refractivity contribution in [1.29, 1.82) is 0 Å². The van der Waals surface area contributed by atoms with E-state index in [0.717, 1.165) is 12.8 Å². The van der Waals surface area contributed by atoms with Gasteiger partial charge in [0.15, 0.2) is 0 Å². The fourth-order valence-electron chi connectivity index (χ4n) is 2.51. The fraction of sp³-hybridized carbons (Fsp3) is 0.692. The molecule has 2 rings (SSSR count). The van der Waals surface area contributed by atoms with Crippen LogP contribution in [0.5, 0.6) is 0 Å². The van der Waals surface area contributed by atoms with Crippen molar-refractivity contribution in [2.45, 2.75) is 51.2 Å². The number of nitrogens with zero attached hydrogens (tertiary/aromatic N) is 1. The van der Waals surface area contributed by atoms with Crippen molar-refractivity contribution in [1.82, 2.24) is 10.2 Å². The van der Waals surface area contributed by atoms with E-state index in [0.29, 0.717) is 0 Å². The first-order valence-corrected chi connectivity index (χ1v) is 6.02. The Balaban J connectivity index is 2.34. The van der Waals surface area contributed by atoms with Crippen molar-refractivity contribution in [2.24, 2.45) is 5.92 Å². The Kier molecular flexibility index (Phi) is 2.65. The van der Waals surface area contributed by atoms with Gasteiger partial charge < -0.3 is 10.2 Å². The minimum absolute atomic E-state index is 0.0439. The van der Waals surface area contributed by atoms with Crippen LogP contribution in [-0.4, -0.2) is 34.3 Å². The first-order valence-electron chi connectivity index (χ1n) is 6.02. The highest BCUT2D eigenvalue weighted by atomic mass is 16.2. The molecule has 0 radical (unpaired) electrons. The maximum atomic E-state index is 12.5. The SMILES string of the molecule is C#CC(C)N1C(=O)C(C)(C2CC2)NC(=O)C1C. The lowest BCUT2D eigenvalue weighted by Crippen LogP contribution is -2.70. The molecular weight excluding hydrogens is 216 g/mol. The minimum Gasteiger partial charge on any atom is -0.340 e. The van der Waals surface area contributed by atoms with E-state index in [-0.39, 0.29) is 23.8 Å². The van der Waals surface area contributed by atoms with Gasteiger partial charge in [0.05, 0.1) is 6.04 Å². The molecule has 3 unspecified atom stereocenters. The van der Waals surface area contributed by atoms with E-state index in [9.17, 15) is 9.59 Å². The lowest BCUT2D eigenvalue weighted by atomic mass is 9.89. The summed E-state index contributed by atoms with van der Waals surface area (Å²) in [7, 11) is 0. The Hall–Kier alpha value is -1.50. The van der Waals surface area contributed by atoms with Gasteiger partial charge >= 0.3 is 0 Å². The minimum atomic E-state index is -0.755. The van der Waals surface area contributed by atoms with Crippen LogP contribution >= 0.6 is 0 Å². The predicted octanol–water partition coefficient (Wildman–Crippen LogP) is 0.524. The highest BCUT2D eigenvalue weighted by molar-refractivity contribution is 6.00. The molecule has 2 amide bonds. The summed E-state index contributed by atoms with van der Waals surface area (Å²) in [5.41, 5.74) is -0.755. The first-order chi connectivity index (χ1) is 7.91. The molecule has 1 saturated carbocycles. The van der Waals surface area contributed by atoms with Crippen LogP contribution < -0.4 is 5.32 Å². The maximum Gasteiger partial charge on any atom is 0.249 e. The summed E-state index contributed by atoms with van der Waals surface area (Å²) in [4.78, 5) is 26.0. The van der Waals surface area contributed by atoms with E-state index in [1.165, 1.54) is 4.90 Å². The summed E-state index contributed by atoms with van der Waals surface area (Å²) >= 11 is 0. The van der Waals surface area contributed by atoms with Crippen LogP contribution in [0.15, 0.2) is 0 Å². The van der Waals surface area contributed by atoms with Gasteiger partial charge in [0.1, 0.15) is 11.6 Å². The molecule has 2 fully saturated rings.